The van der Waals surface area contributed by atoms with E-state index in [9.17, 15) is 0 Å². The van der Waals surface area contributed by atoms with Crippen molar-refractivity contribution in [2.75, 3.05) is 0 Å². The van der Waals surface area contributed by atoms with Gasteiger partial charge in [0.1, 0.15) is 0 Å². The molecule has 1 aromatic rings. The van der Waals surface area contributed by atoms with Crippen molar-refractivity contribution in [3.05, 3.63) is 34.9 Å². The van der Waals surface area contributed by atoms with Gasteiger partial charge in [-0.05, 0) is 67.6 Å². The Balaban J connectivity index is 2.11. The summed E-state index contributed by atoms with van der Waals surface area (Å²) in [6, 6.07) is 7.02. The van der Waals surface area contributed by atoms with Gasteiger partial charge in [-0.15, -0.1) is 0 Å². The van der Waals surface area contributed by atoms with Gasteiger partial charge >= 0.3 is 0 Å². The topological polar surface area (TPSA) is 0 Å². The van der Waals surface area contributed by atoms with Crippen molar-refractivity contribution in [1.29, 1.82) is 0 Å². The van der Waals surface area contributed by atoms with E-state index in [-0.39, 0.29) is 0 Å². The molecule has 0 unspecified atom stereocenters. The van der Waals surface area contributed by atoms with Crippen LogP contribution >= 0.6 is 0 Å². The highest BCUT2D eigenvalue weighted by Gasteiger charge is 2.27. The summed E-state index contributed by atoms with van der Waals surface area (Å²) in [6.07, 6.45) is 5.50. The Hall–Kier alpha value is -0.780. The molecule has 1 aliphatic rings. The fourth-order valence-corrected chi connectivity index (χ4v) is 2.75. The molecule has 1 saturated carbocycles. The number of hydrogen-bond donors (Lipinski definition) is 0. The quantitative estimate of drug-likeness (QED) is 0.620. The molecule has 0 amide bonds. The molecule has 0 heterocycles. The maximum absolute atomic E-state index is 2.41. The first kappa shape index (κ1) is 11.7. The average Bonchev–Trinajstić information content (AvgIpc) is 2.22. The van der Waals surface area contributed by atoms with Gasteiger partial charge in [-0.3, -0.25) is 0 Å². The molecule has 0 spiro atoms. The third-order valence-electron chi connectivity index (χ3n) is 4.34. The Morgan fingerprint density at radius 3 is 2.19 bits per heavy atom. The van der Waals surface area contributed by atoms with Crippen LogP contribution < -0.4 is 0 Å². The molecule has 0 aliphatic heterocycles. The van der Waals surface area contributed by atoms with Crippen molar-refractivity contribution in [3.63, 3.8) is 0 Å². The van der Waals surface area contributed by atoms with Crippen LogP contribution in [0.5, 0.6) is 0 Å². The summed E-state index contributed by atoms with van der Waals surface area (Å²) < 4.78 is 0. The largest absolute Gasteiger partial charge is 0.0599 e. The van der Waals surface area contributed by atoms with Crippen molar-refractivity contribution in [1.82, 2.24) is 0 Å². The number of rotatable bonds is 1. The predicted molar refractivity (Wildman–Crippen MR) is 70.9 cm³/mol. The summed E-state index contributed by atoms with van der Waals surface area (Å²) in [7, 11) is 0. The molecule has 1 aromatic carbocycles. The number of hydrogen-bond acceptors (Lipinski definition) is 0. The Morgan fingerprint density at radius 1 is 1.00 bits per heavy atom. The van der Waals surface area contributed by atoms with Gasteiger partial charge in [0.2, 0.25) is 0 Å². The first-order chi connectivity index (χ1) is 7.48. The molecule has 2 rings (SSSR count). The molecule has 0 aromatic heterocycles. The molecule has 88 valence electrons. The zero-order valence-electron chi connectivity index (χ0n) is 11.1. The van der Waals surface area contributed by atoms with Crippen molar-refractivity contribution in [3.8, 4) is 0 Å². The molecule has 16 heavy (non-hydrogen) atoms. The van der Waals surface area contributed by atoms with Gasteiger partial charge in [-0.2, -0.15) is 0 Å². The van der Waals surface area contributed by atoms with Crippen LogP contribution in [0.15, 0.2) is 18.2 Å². The highest BCUT2D eigenvalue weighted by molar-refractivity contribution is 5.32. The van der Waals surface area contributed by atoms with Gasteiger partial charge in [-0.1, -0.05) is 32.0 Å². The minimum absolute atomic E-state index is 0.580. The van der Waals surface area contributed by atoms with Crippen molar-refractivity contribution in [2.45, 2.75) is 59.3 Å². The molecule has 0 bridgehead atoms. The zero-order valence-corrected chi connectivity index (χ0v) is 11.1. The van der Waals surface area contributed by atoms with Crippen molar-refractivity contribution >= 4 is 0 Å². The summed E-state index contributed by atoms with van der Waals surface area (Å²) in [4.78, 5) is 0. The molecular formula is C16H24. The van der Waals surface area contributed by atoms with E-state index in [4.69, 9.17) is 0 Å². The third-order valence-corrected chi connectivity index (χ3v) is 4.34. The fourth-order valence-electron chi connectivity index (χ4n) is 2.75. The monoisotopic (exact) mass is 216 g/mol. The Bertz CT molecular complexity index is 364. The molecule has 0 N–H and O–H groups in total. The summed E-state index contributed by atoms with van der Waals surface area (Å²) in [5.74, 6) is 0.812. The van der Waals surface area contributed by atoms with E-state index in [1.165, 1.54) is 36.8 Å². The van der Waals surface area contributed by atoms with Gasteiger partial charge in [-0.25, -0.2) is 0 Å². The highest BCUT2D eigenvalue weighted by Crippen LogP contribution is 2.42. The smallest absolute Gasteiger partial charge is 0.0161 e. The van der Waals surface area contributed by atoms with Crippen LogP contribution in [-0.4, -0.2) is 0 Å². The highest BCUT2D eigenvalue weighted by atomic mass is 14.3. The van der Waals surface area contributed by atoms with Gasteiger partial charge in [0.15, 0.2) is 0 Å². The summed E-state index contributed by atoms with van der Waals surface area (Å²) in [6.45, 7) is 9.24. The minimum atomic E-state index is 0.580. The van der Waals surface area contributed by atoms with Crippen molar-refractivity contribution in [2.24, 2.45) is 5.41 Å². The fraction of sp³-hybridized carbons (Fsp3) is 0.625. The lowest BCUT2D eigenvalue weighted by Gasteiger charge is -2.34. The zero-order chi connectivity index (χ0) is 11.8. The molecule has 0 nitrogen and oxygen atoms in total. The Kier molecular flexibility index (Phi) is 3.10. The van der Waals surface area contributed by atoms with E-state index in [1.807, 2.05) is 0 Å². The van der Waals surface area contributed by atoms with Gasteiger partial charge in [0, 0.05) is 0 Å². The van der Waals surface area contributed by atoms with Gasteiger partial charge < -0.3 is 0 Å². The summed E-state index contributed by atoms with van der Waals surface area (Å²) >= 11 is 0. The summed E-state index contributed by atoms with van der Waals surface area (Å²) in [5, 5.41) is 0. The first-order valence-electron chi connectivity index (χ1n) is 6.55. The van der Waals surface area contributed by atoms with E-state index in [0.29, 0.717) is 5.41 Å². The third kappa shape index (κ3) is 2.48. The lowest BCUT2D eigenvalue weighted by Crippen LogP contribution is -2.20. The normalized spacial score (nSPS) is 21.0. The molecule has 0 saturated heterocycles. The van der Waals surface area contributed by atoms with Crippen LogP contribution in [0.1, 0.15) is 62.1 Å². The summed E-state index contributed by atoms with van der Waals surface area (Å²) in [5.41, 5.74) is 5.01. The molecule has 0 radical (unpaired) electrons. The molecule has 0 heteroatoms. The van der Waals surface area contributed by atoms with Gasteiger partial charge in [0.25, 0.3) is 0 Å². The van der Waals surface area contributed by atoms with E-state index < -0.39 is 0 Å². The van der Waals surface area contributed by atoms with Crippen LogP contribution in [0, 0.1) is 19.3 Å². The number of benzene rings is 1. The molecule has 0 atom stereocenters. The van der Waals surface area contributed by atoms with Crippen LogP contribution in [0.2, 0.25) is 0 Å². The van der Waals surface area contributed by atoms with Crippen LogP contribution in [-0.2, 0) is 0 Å². The predicted octanol–water partition coefficient (Wildman–Crippen LogP) is 4.99. The molecular weight excluding hydrogens is 192 g/mol. The van der Waals surface area contributed by atoms with E-state index in [0.717, 1.165) is 5.92 Å². The maximum atomic E-state index is 2.41. The Labute approximate surface area is 100 Å². The van der Waals surface area contributed by atoms with Gasteiger partial charge in [0.05, 0.1) is 0 Å². The second-order valence-corrected chi connectivity index (χ2v) is 6.28. The van der Waals surface area contributed by atoms with Crippen LogP contribution in [0.25, 0.3) is 0 Å². The lowest BCUT2D eigenvalue weighted by molar-refractivity contribution is 0.224. The van der Waals surface area contributed by atoms with E-state index in [1.54, 1.807) is 5.56 Å². The standard InChI is InChI=1S/C16H24/c1-12-5-6-15(11-13(12)2)14-7-9-16(3,4)10-8-14/h5-6,11,14H,7-10H2,1-4H3. The van der Waals surface area contributed by atoms with E-state index in [2.05, 4.69) is 45.9 Å². The number of aryl methyl sites for hydroxylation is 2. The Morgan fingerprint density at radius 2 is 1.62 bits per heavy atom. The van der Waals surface area contributed by atoms with E-state index >= 15 is 0 Å². The minimum Gasteiger partial charge on any atom is -0.0599 e. The average molecular weight is 216 g/mol. The molecule has 1 fully saturated rings. The van der Waals surface area contributed by atoms with Crippen molar-refractivity contribution < 1.29 is 0 Å². The SMILES string of the molecule is Cc1ccc(C2CCC(C)(C)CC2)cc1C. The van der Waals surface area contributed by atoms with Crippen LogP contribution in [0.3, 0.4) is 0 Å². The second-order valence-electron chi connectivity index (χ2n) is 6.28. The lowest BCUT2D eigenvalue weighted by atomic mass is 9.71. The van der Waals surface area contributed by atoms with Crippen LogP contribution in [0.4, 0.5) is 0 Å². The second kappa shape index (κ2) is 4.24. The maximum Gasteiger partial charge on any atom is -0.0161 e. The first-order valence-corrected chi connectivity index (χ1v) is 6.55. The molecule has 1 aliphatic carbocycles.